The van der Waals surface area contributed by atoms with Gasteiger partial charge in [0, 0.05) is 19.0 Å². The summed E-state index contributed by atoms with van der Waals surface area (Å²) in [6.07, 6.45) is 7.60. The Morgan fingerprint density at radius 1 is 1.17 bits per heavy atom. The van der Waals surface area contributed by atoms with Gasteiger partial charge in [-0.3, -0.25) is 9.69 Å². The molecule has 0 aromatic rings. The van der Waals surface area contributed by atoms with Gasteiger partial charge < -0.3 is 0 Å². The van der Waals surface area contributed by atoms with Gasteiger partial charge >= 0.3 is 0 Å². The fourth-order valence-electron chi connectivity index (χ4n) is 2.41. The van der Waals surface area contributed by atoms with Crippen molar-refractivity contribution in [2.75, 3.05) is 13.1 Å². The van der Waals surface area contributed by atoms with Crippen LogP contribution in [-0.4, -0.2) is 29.8 Å². The Kier molecular flexibility index (Phi) is 2.45. The molecule has 0 spiro atoms. The number of Topliss-reactive ketones (excluding diaryl/α,β-unsaturated/α-hetero) is 1. The van der Waals surface area contributed by atoms with Crippen molar-refractivity contribution in [3.8, 4) is 0 Å². The van der Waals surface area contributed by atoms with Gasteiger partial charge in [-0.05, 0) is 12.8 Å². The van der Waals surface area contributed by atoms with Gasteiger partial charge in [0.15, 0.2) is 0 Å². The number of rotatable bonds is 1. The predicted molar refractivity (Wildman–Crippen MR) is 48.1 cm³/mol. The Hall–Kier alpha value is -0.370. The number of ketones is 1. The molecule has 0 atom stereocenters. The largest absolute Gasteiger partial charge is 0.298 e. The summed E-state index contributed by atoms with van der Waals surface area (Å²) in [4.78, 5) is 13.4. The van der Waals surface area contributed by atoms with Crippen molar-refractivity contribution in [2.24, 2.45) is 0 Å². The van der Waals surface area contributed by atoms with Gasteiger partial charge in [0.25, 0.3) is 0 Å². The third kappa shape index (κ3) is 1.69. The molecular weight excluding hydrogens is 150 g/mol. The van der Waals surface area contributed by atoms with Gasteiger partial charge in [-0.1, -0.05) is 19.3 Å². The first-order chi connectivity index (χ1) is 5.86. The first kappa shape index (κ1) is 8.24. The zero-order valence-electron chi connectivity index (χ0n) is 7.59. The van der Waals surface area contributed by atoms with Crippen LogP contribution in [0, 0.1) is 0 Å². The van der Waals surface area contributed by atoms with E-state index in [4.69, 9.17) is 0 Å². The second-order valence-electron chi connectivity index (χ2n) is 4.05. The molecule has 0 amide bonds. The Morgan fingerprint density at radius 2 is 1.92 bits per heavy atom. The molecule has 0 N–H and O–H groups in total. The maximum Gasteiger partial charge on any atom is 0.148 e. The van der Waals surface area contributed by atoms with E-state index in [0.717, 1.165) is 25.6 Å². The molecule has 1 saturated heterocycles. The Morgan fingerprint density at radius 3 is 2.50 bits per heavy atom. The average molecular weight is 167 g/mol. The van der Waals surface area contributed by atoms with Crippen LogP contribution in [0.4, 0.5) is 0 Å². The molecule has 1 aliphatic heterocycles. The van der Waals surface area contributed by atoms with E-state index in [1.54, 1.807) is 0 Å². The molecule has 1 aliphatic carbocycles. The molecule has 0 aromatic heterocycles. The molecule has 0 radical (unpaired) electrons. The minimum atomic E-state index is 0.445. The van der Waals surface area contributed by atoms with Crippen molar-refractivity contribution in [2.45, 2.75) is 44.6 Å². The summed E-state index contributed by atoms with van der Waals surface area (Å²) < 4.78 is 0. The molecule has 2 nitrogen and oxygen atoms in total. The lowest BCUT2D eigenvalue weighted by atomic mass is 9.94. The normalized spacial score (nSPS) is 28.2. The molecule has 12 heavy (non-hydrogen) atoms. The topological polar surface area (TPSA) is 20.3 Å². The second kappa shape index (κ2) is 3.56. The van der Waals surface area contributed by atoms with E-state index in [2.05, 4.69) is 4.90 Å². The van der Waals surface area contributed by atoms with Crippen LogP contribution in [0.1, 0.15) is 38.5 Å². The van der Waals surface area contributed by atoms with Gasteiger partial charge in [0.05, 0.1) is 6.54 Å². The minimum Gasteiger partial charge on any atom is -0.298 e. The van der Waals surface area contributed by atoms with Crippen molar-refractivity contribution in [1.82, 2.24) is 4.90 Å². The smallest absolute Gasteiger partial charge is 0.148 e. The van der Waals surface area contributed by atoms with E-state index in [1.807, 2.05) is 0 Å². The van der Waals surface area contributed by atoms with E-state index in [1.165, 1.54) is 32.1 Å². The maximum absolute atomic E-state index is 11.1. The van der Waals surface area contributed by atoms with E-state index in [9.17, 15) is 4.79 Å². The van der Waals surface area contributed by atoms with Crippen LogP contribution < -0.4 is 0 Å². The van der Waals surface area contributed by atoms with E-state index >= 15 is 0 Å². The quantitative estimate of drug-likeness (QED) is 0.591. The third-order valence-electron chi connectivity index (χ3n) is 3.15. The molecule has 2 rings (SSSR count). The minimum absolute atomic E-state index is 0.445. The van der Waals surface area contributed by atoms with Gasteiger partial charge in [0.2, 0.25) is 0 Å². The first-order valence-corrected chi connectivity index (χ1v) is 5.12. The third-order valence-corrected chi connectivity index (χ3v) is 3.15. The van der Waals surface area contributed by atoms with Crippen molar-refractivity contribution >= 4 is 5.78 Å². The number of carbonyl (C=O) groups is 1. The highest BCUT2D eigenvalue weighted by Gasteiger charge is 2.27. The SMILES string of the molecule is O=C1CCN(C2CCCCC2)C1. The molecule has 68 valence electrons. The Balaban J connectivity index is 1.86. The zero-order chi connectivity index (χ0) is 8.39. The van der Waals surface area contributed by atoms with Crippen molar-refractivity contribution < 1.29 is 4.79 Å². The summed E-state index contributed by atoms with van der Waals surface area (Å²) in [5.41, 5.74) is 0. The zero-order valence-corrected chi connectivity index (χ0v) is 7.59. The highest BCUT2D eigenvalue weighted by Crippen LogP contribution is 2.24. The summed E-state index contributed by atoms with van der Waals surface area (Å²) in [5, 5.41) is 0. The molecule has 1 saturated carbocycles. The summed E-state index contributed by atoms with van der Waals surface area (Å²) in [5.74, 6) is 0.445. The van der Waals surface area contributed by atoms with Gasteiger partial charge in [0.1, 0.15) is 5.78 Å². The molecule has 2 fully saturated rings. The molecule has 1 heterocycles. The lowest BCUT2D eigenvalue weighted by Gasteiger charge is -2.29. The van der Waals surface area contributed by atoms with Crippen LogP contribution in [-0.2, 0) is 4.79 Å². The van der Waals surface area contributed by atoms with Crippen LogP contribution in [0.5, 0.6) is 0 Å². The van der Waals surface area contributed by atoms with Crippen LogP contribution in [0.2, 0.25) is 0 Å². The highest BCUT2D eigenvalue weighted by atomic mass is 16.1. The summed E-state index contributed by atoms with van der Waals surface area (Å²) in [6.45, 7) is 1.77. The lowest BCUT2D eigenvalue weighted by molar-refractivity contribution is -0.117. The van der Waals surface area contributed by atoms with E-state index in [-0.39, 0.29) is 0 Å². The average Bonchev–Trinajstić information content (AvgIpc) is 2.54. The molecule has 0 unspecified atom stereocenters. The summed E-state index contributed by atoms with van der Waals surface area (Å²) >= 11 is 0. The first-order valence-electron chi connectivity index (χ1n) is 5.12. The Labute approximate surface area is 73.9 Å². The monoisotopic (exact) mass is 167 g/mol. The Bertz CT molecular complexity index is 173. The van der Waals surface area contributed by atoms with Crippen molar-refractivity contribution in [3.63, 3.8) is 0 Å². The fourth-order valence-corrected chi connectivity index (χ4v) is 2.41. The van der Waals surface area contributed by atoms with Crippen molar-refractivity contribution in [1.29, 1.82) is 0 Å². The fraction of sp³-hybridized carbons (Fsp3) is 0.900. The van der Waals surface area contributed by atoms with Crippen LogP contribution in [0.15, 0.2) is 0 Å². The molecule has 2 aliphatic rings. The van der Waals surface area contributed by atoms with E-state index in [0.29, 0.717) is 5.78 Å². The van der Waals surface area contributed by atoms with E-state index < -0.39 is 0 Å². The summed E-state index contributed by atoms with van der Waals surface area (Å²) in [7, 11) is 0. The number of hydrogen-bond donors (Lipinski definition) is 0. The molecule has 0 aromatic carbocycles. The lowest BCUT2D eigenvalue weighted by Crippen LogP contribution is -2.34. The molecular formula is C10H17NO. The van der Waals surface area contributed by atoms with Crippen LogP contribution >= 0.6 is 0 Å². The number of nitrogens with zero attached hydrogens (tertiary/aromatic N) is 1. The number of likely N-dealkylation sites (tertiary alicyclic amines) is 1. The van der Waals surface area contributed by atoms with Gasteiger partial charge in [-0.25, -0.2) is 0 Å². The van der Waals surface area contributed by atoms with Crippen molar-refractivity contribution in [3.05, 3.63) is 0 Å². The highest BCUT2D eigenvalue weighted by molar-refractivity contribution is 5.82. The summed E-state index contributed by atoms with van der Waals surface area (Å²) in [6, 6.07) is 0.741. The predicted octanol–water partition coefficient (Wildman–Crippen LogP) is 1.59. The molecule has 0 bridgehead atoms. The standard InChI is InChI=1S/C10H17NO/c12-10-6-7-11(8-10)9-4-2-1-3-5-9/h9H,1-8H2. The van der Waals surface area contributed by atoms with Gasteiger partial charge in [-0.15, -0.1) is 0 Å². The maximum atomic E-state index is 11.1. The van der Waals surface area contributed by atoms with Crippen LogP contribution in [0.25, 0.3) is 0 Å². The number of hydrogen-bond acceptors (Lipinski definition) is 2. The van der Waals surface area contributed by atoms with Gasteiger partial charge in [-0.2, -0.15) is 0 Å². The van der Waals surface area contributed by atoms with Crippen LogP contribution in [0.3, 0.4) is 0 Å². The number of carbonyl (C=O) groups excluding carboxylic acids is 1. The molecule has 2 heteroatoms. The second-order valence-corrected chi connectivity index (χ2v) is 4.05.